The van der Waals surface area contributed by atoms with Gasteiger partial charge in [-0.05, 0) is 57.3 Å². The van der Waals surface area contributed by atoms with Crippen LogP contribution in [-0.4, -0.2) is 58.0 Å². The molecule has 0 bridgehead atoms. The van der Waals surface area contributed by atoms with Crippen LogP contribution in [0.4, 0.5) is 0 Å². The highest BCUT2D eigenvalue weighted by atomic mass is 16.6. The van der Waals surface area contributed by atoms with Gasteiger partial charge in [0, 0.05) is 24.0 Å². The van der Waals surface area contributed by atoms with Gasteiger partial charge in [0.2, 0.25) is 0 Å². The van der Waals surface area contributed by atoms with Crippen LogP contribution in [0.1, 0.15) is 27.8 Å². The molecule has 6 heteroatoms. The maximum Gasteiger partial charge on any atom is 0.145 e. The molecule has 224 valence electrons. The Hall–Kier alpha value is -4.10. The number of epoxide rings is 1. The highest BCUT2D eigenvalue weighted by molar-refractivity contribution is 5.89. The molecular formula is C38H36O6. The molecule has 0 N–H and O–H groups in total. The van der Waals surface area contributed by atoms with E-state index in [1.165, 1.54) is 38.2 Å². The second kappa shape index (κ2) is 11.8. The molecule has 8 rings (SSSR count). The van der Waals surface area contributed by atoms with Crippen molar-refractivity contribution in [2.75, 3.05) is 39.6 Å². The van der Waals surface area contributed by atoms with Crippen molar-refractivity contribution >= 4 is 21.5 Å². The van der Waals surface area contributed by atoms with Crippen molar-refractivity contribution in [2.24, 2.45) is 0 Å². The normalized spacial score (nSPS) is 18.2. The third kappa shape index (κ3) is 5.61. The summed E-state index contributed by atoms with van der Waals surface area (Å²) >= 11 is 0. The topological polar surface area (TPSA) is 58.7 Å². The van der Waals surface area contributed by atoms with Crippen LogP contribution in [0.2, 0.25) is 0 Å². The standard InChI is InChI=1S/C38H36O6/c1-24-14-25(16-34-32-8-4-2-6-26(32)10-12-36(34)42-23-29-22-41-29)15-28(38(24)44-31-20-40-21-31)17-35-33-9-5-3-7-27(33)11-13-37(35)43-30-18-39-19-30/h2-15,29-31H,16-23H2,1H3. The van der Waals surface area contributed by atoms with E-state index in [1.807, 2.05) is 0 Å². The molecule has 6 nitrogen and oxygen atoms in total. The number of benzene rings is 5. The zero-order valence-corrected chi connectivity index (χ0v) is 24.9. The zero-order valence-electron chi connectivity index (χ0n) is 24.9. The van der Waals surface area contributed by atoms with Gasteiger partial charge in [0.25, 0.3) is 0 Å². The molecule has 0 aliphatic carbocycles. The number of hydrogen-bond acceptors (Lipinski definition) is 6. The molecule has 3 heterocycles. The fraction of sp³-hybridized carbons (Fsp3) is 0.316. The number of fused-ring (bicyclic) bond motifs is 2. The summed E-state index contributed by atoms with van der Waals surface area (Å²) in [7, 11) is 0. The zero-order chi connectivity index (χ0) is 29.5. The number of hydrogen-bond donors (Lipinski definition) is 0. The predicted molar refractivity (Wildman–Crippen MR) is 170 cm³/mol. The van der Waals surface area contributed by atoms with Crippen LogP contribution >= 0.6 is 0 Å². The van der Waals surface area contributed by atoms with E-state index in [0.717, 1.165) is 41.4 Å². The smallest absolute Gasteiger partial charge is 0.145 e. The van der Waals surface area contributed by atoms with Crippen molar-refractivity contribution in [3.63, 3.8) is 0 Å². The Kier molecular flexibility index (Phi) is 7.34. The van der Waals surface area contributed by atoms with E-state index >= 15 is 0 Å². The van der Waals surface area contributed by atoms with E-state index in [0.29, 0.717) is 39.5 Å². The van der Waals surface area contributed by atoms with Crippen LogP contribution in [-0.2, 0) is 27.1 Å². The minimum Gasteiger partial charge on any atom is -0.490 e. The van der Waals surface area contributed by atoms with E-state index in [9.17, 15) is 0 Å². The summed E-state index contributed by atoms with van der Waals surface area (Å²) in [6.45, 7) is 5.98. The van der Waals surface area contributed by atoms with Gasteiger partial charge in [-0.3, -0.25) is 0 Å². The summed E-state index contributed by atoms with van der Waals surface area (Å²) in [5, 5.41) is 4.80. The van der Waals surface area contributed by atoms with Crippen LogP contribution < -0.4 is 14.2 Å². The molecule has 3 aliphatic rings. The second-order valence-corrected chi connectivity index (χ2v) is 12.1. The first-order valence-corrected chi connectivity index (χ1v) is 15.5. The Balaban J connectivity index is 1.21. The molecule has 44 heavy (non-hydrogen) atoms. The first kappa shape index (κ1) is 27.4. The summed E-state index contributed by atoms with van der Waals surface area (Å²) in [6, 6.07) is 30.2. The predicted octanol–water partition coefficient (Wildman–Crippen LogP) is 6.82. The molecule has 1 unspecified atom stereocenters. The molecule has 3 saturated heterocycles. The summed E-state index contributed by atoms with van der Waals surface area (Å²) in [5.41, 5.74) is 5.84. The number of rotatable bonds is 11. The molecule has 0 radical (unpaired) electrons. The molecule has 0 spiro atoms. The summed E-state index contributed by atoms with van der Waals surface area (Å²) < 4.78 is 35.7. The van der Waals surface area contributed by atoms with Crippen molar-refractivity contribution < 1.29 is 28.4 Å². The Bertz CT molecular complexity index is 1820. The Labute approximate surface area is 257 Å². The highest BCUT2D eigenvalue weighted by Crippen LogP contribution is 2.38. The molecule has 0 saturated carbocycles. The Morgan fingerprint density at radius 1 is 0.659 bits per heavy atom. The third-order valence-corrected chi connectivity index (χ3v) is 8.77. The van der Waals surface area contributed by atoms with Crippen molar-refractivity contribution in [2.45, 2.75) is 38.1 Å². The maximum atomic E-state index is 6.60. The van der Waals surface area contributed by atoms with Crippen molar-refractivity contribution in [1.29, 1.82) is 0 Å². The molecule has 0 amide bonds. The SMILES string of the molecule is Cc1cc(Cc2c(OCC3CO3)ccc3ccccc23)cc(Cc2c(OC3COC3)ccc3ccccc23)c1OC1COC1. The van der Waals surface area contributed by atoms with E-state index < -0.39 is 0 Å². The van der Waals surface area contributed by atoms with Crippen LogP contribution in [0.25, 0.3) is 21.5 Å². The molecule has 5 aromatic rings. The summed E-state index contributed by atoms with van der Waals surface area (Å²) in [6.07, 6.45) is 1.76. The summed E-state index contributed by atoms with van der Waals surface area (Å²) in [5.74, 6) is 2.76. The maximum absolute atomic E-state index is 6.60. The second-order valence-electron chi connectivity index (χ2n) is 12.1. The highest BCUT2D eigenvalue weighted by Gasteiger charge is 2.27. The molecule has 1 atom stereocenters. The molecule has 5 aromatic carbocycles. The van der Waals surface area contributed by atoms with E-state index in [-0.39, 0.29) is 18.3 Å². The average Bonchev–Trinajstić information content (AvgIpc) is 3.83. The van der Waals surface area contributed by atoms with Crippen molar-refractivity contribution in [1.82, 2.24) is 0 Å². The van der Waals surface area contributed by atoms with Gasteiger partial charge in [0.1, 0.15) is 42.2 Å². The van der Waals surface area contributed by atoms with E-state index in [1.54, 1.807) is 0 Å². The van der Waals surface area contributed by atoms with Gasteiger partial charge in [0.05, 0.1) is 33.0 Å². The van der Waals surface area contributed by atoms with Crippen molar-refractivity contribution in [3.05, 3.63) is 113 Å². The lowest BCUT2D eigenvalue weighted by molar-refractivity contribution is -0.0804. The van der Waals surface area contributed by atoms with Gasteiger partial charge in [-0.1, -0.05) is 72.8 Å². The molecule has 3 fully saturated rings. The van der Waals surface area contributed by atoms with Crippen molar-refractivity contribution in [3.8, 4) is 17.2 Å². The van der Waals surface area contributed by atoms with Gasteiger partial charge in [-0.15, -0.1) is 0 Å². The fourth-order valence-electron chi connectivity index (χ4n) is 6.22. The van der Waals surface area contributed by atoms with Gasteiger partial charge in [0.15, 0.2) is 0 Å². The third-order valence-electron chi connectivity index (χ3n) is 8.77. The lowest BCUT2D eigenvalue weighted by Crippen LogP contribution is -2.39. The van der Waals surface area contributed by atoms with Crippen LogP contribution in [0.3, 0.4) is 0 Å². The fourth-order valence-corrected chi connectivity index (χ4v) is 6.22. The minimum absolute atomic E-state index is 0.0661. The number of aryl methyl sites for hydroxylation is 1. The van der Waals surface area contributed by atoms with Gasteiger partial charge < -0.3 is 28.4 Å². The lowest BCUT2D eigenvalue weighted by Gasteiger charge is -2.30. The lowest BCUT2D eigenvalue weighted by atomic mass is 9.91. The Morgan fingerprint density at radius 2 is 1.27 bits per heavy atom. The molecule has 3 aliphatic heterocycles. The van der Waals surface area contributed by atoms with Gasteiger partial charge in [-0.25, -0.2) is 0 Å². The van der Waals surface area contributed by atoms with Crippen LogP contribution in [0, 0.1) is 6.92 Å². The molecule has 0 aromatic heterocycles. The van der Waals surface area contributed by atoms with E-state index in [2.05, 4.69) is 91.9 Å². The Morgan fingerprint density at radius 3 is 1.91 bits per heavy atom. The first-order valence-electron chi connectivity index (χ1n) is 15.5. The van der Waals surface area contributed by atoms with Crippen LogP contribution in [0.5, 0.6) is 17.2 Å². The average molecular weight is 589 g/mol. The largest absolute Gasteiger partial charge is 0.490 e. The minimum atomic E-state index is 0.0661. The number of ether oxygens (including phenoxy) is 6. The quantitative estimate of drug-likeness (QED) is 0.158. The monoisotopic (exact) mass is 588 g/mol. The van der Waals surface area contributed by atoms with Gasteiger partial charge >= 0.3 is 0 Å². The van der Waals surface area contributed by atoms with Gasteiger partial charge in [-0.2, -0.15) is 0 Å². The van der Waals surface area contributed by atoms with E-state index in [4.69, 9.17) is 28.4 Å². The summed E-state index contributed by atoms with van der Waals surface area (Å²) in [4.78, 5) is 0. The first-order chi connectivity index (χ1) is 21.7. The molecular weight excluding hydrogens is 552 g/mol. The van der Waals surface area contributed by atoms with Crippen LogP contribution in [0.15, 0.2) is 84.9 Å².